The molecule has 0 bridgehead atoms. The molecule has 1 aliphatic heterocycles. The smallest absolute Gasteiger partial charge is 0.370 e. The largest absolute Gasteiger partial charge is 0.472 e. The van der Waals surface area contributed by atoms with E-state index in [0.29, 0.717) is 6.42 Å². The zero-order chi connectivity index (χ0) is 21.3. The quantitative estimate of drug-likeness (QED) is 0.668. The number of phosphoric acid groups is 1. The molecule has 0 aromatic carbocycles. The van der Waals surface area contributed by atoms with Crippen molar-refractivity contribution >= 4 is 7.82 Å². The number of nitrogens with one attached hydrogen (secondary N) is 1. The third-order valence-corrected chi connectivity index (χ3v) is 4.89. The fourth-order valence-electron chi connectivity index (χ4n) is 2.79. The molecule has 0 saturated carbocycles. The molecule has 0 spiro atoms. The molecular weight excluding hydrogens is 391 g/mol. The Morgan fingerprint density at radius 1 is 1.25 bits per heavy atom. The molecule has 3 unspecified atom stereocenters. The Morgan fingerprint density at radius 3 is 2.43 bits per heavy atom. The van der Waals surface area contributed by atoms with Crippen LogP contribution in [0.1, 0.15) is 54.2 Å². The van der Waals surface area contributed by atoms with E-state index in [1.165, 1.54) is 16.8 Å². The van der Waals surface area contributed by atoms with E-state index >= 15 is 0 Å². The molecule has 0 amide bonds. The SMILES string of the molecule is CC(C)(C)OC1C[C@H](n2ccc(=O)[nH]c2=O)OC1COP(=O)(O)OC(C)(C)C. The van der Waals surface area contributed by atoms with Gasteiger partial charge in [0.25, 0.3) is 5.56 Å². The van der Waals surface area contributed by atoms with Gasteiger partial charge in [0.1, 0.15) is 12.3 Å². The molecule has 2 heterocycles. The van der Waals surface area contributed by atoms with E-state index in [2.05, 4.69) is 4.98 Å². The van der Waals surface area contributed by atoms with Crippen molar-refractivity contribution in [3.8, 4) is 0 Å². The summed E-state index contributed by atoms with van der Waals surface area (Å²) in [5, 5.41) is 0. The van der Waals surface area contributed by atoms with Crippen molar-refractivity contribution in [3.63, 3.8) is 0 Å². The van der Waals surface area contributed by atoms with Gasteiger partial charge in [-0.2, -0.15) is 0 Å². The highest BCUT2D eigenvalue weighted by Gasteiger charge is 2.41. The molecule has 160 valence electrons. The summed E-state index contributed by atoms with van der Waals surface area (Å²) in [7, 11) is -4.30. The summed E-state index contributed by atoms with van der Waals surface area (Å²) in [6.07, 6.45) is -0.298. The van der Waals surface area contributed by atoms with E-state index in [-0.39, 0.29) is 6.61 Å². The minimum Gasteiger partial charge on any atom is -0.370 e. The van der Waals surface area contributed by atoms with Crippen LogP contribution >= 0.6 is 7.82 Å². The Labute approximate surface area is 163 Å². The van der Waals surface area contributed by atoms with Crippen molar-refractivity contribution in [1.82, 2.24) is 9.55 Å². The fourth-order valence-corrected chi connectivity index (χ4v) is 3.87. The van der Waals surface area contributed by atoms with Gasteiger partial charge in [-0.25, -0.2) is 9.36 Å². The number of aromatic amines is 1. The van der Waals surface area contributed by atoms with Crippen LogP contribution in [0.3, 0.4) is 0 Å². The molecule has 4 atom stereocenters. The van der Waals surface area contributed by atoms with Crippen molar-refractivity contribution in [2.75, 3.05) is 6.61 Å². The first kappa shape index (κ1) is 23.0. The second-order valence-electron chi connectivity index (χ2n) is 8.62. The maximum atomic E-state index is 12.1. The monoisotopic (exact) mass is 420 g/mol. The first-order chi connectivity index (χ1) is 12.7. The number of aromatic nitrogens is 2. The van der Waals surface area contributed by atoms with Crippen LogP contribution in [0.4, 0.5) is 0 Å². The van der Waals surface area contributed by atoms with Crippen LogP contribution in [0.5, 0.6) is 0 Å². The Kier molecular flexibility index (Phi) is 6.75. The topological polar surface area (TPSA) is 129 Å². The minimum absolute atomic E-state index is 0.265. The van der Waals surface area contributed by atoms with E-state index < -0.39 is 48.7 Å². The Bertz CT molecular complexity index is 835. The van der Waals surface area contributed by atoms with Gasteiger partial charge in [0, 0.05) is 18.7 Å². The first-order valence-electron chi connectivity index (χ1n) is 8.98. The van der Waals surface area contributed by atoms with Gasteiger partial charge >= 0.3 is 13.5 Å². The lowest BCUT2D eigenvalue weighted by atomic mass is 10.1. The highest BCUT2D eigenvalue weighted by atomic mass is 31.2. The molecule has 1 aliphatic rings. The highest BCUT2D eigenvalue weighted by molar-refractivity contribution is 7.47. The fraction of sp³-hybridized carbons (Fsp3) is 0.765. The van der Waals surface area contributed by atoms with Crippen molar-refractivity contribution in [2.24, 2.45) is 0 Å². The van der Waals surface area contributed by atoms with Gasteiger partial charge < -0.3 is 14.4 Å². The molecule has 28 heavy (non-hydrogen) atoms. The number of phosphoric ester groups is 1. The van der Waals surface area contributed by atoms with Crippen molar-refractivity contribution in [1.29, 1.82) is 0 Å². The number of ether oxygens (including phenoxy) is 2. The molecule has 0 aliphatic carbocycles. The second-order valence-corrected chi connectivity index (χ2v) is 10.00. The second kappa shape index (κ2) is 8.22. The maximum Gasteiger partial charge on any atom is 0.472 e. The van der Waals surface area contributed by atoms with Gasteiger partial charge in [-0.15, -0.1) is 0 Å². The van der Waals surface area contributed by atoms with Crippen LogP contribution < -0.4 is 11.2 Å². The minimum atomic E-state index is -4.30. The zero-order valence-electron chi connectivity index (χ0n) is 17.0. The van der Waals surface area contributed by atoms with Crippen LogP contribution in [-0.2, 0) is 23.1 Å². The normalized spacial score (nSPS) is 25.6. The lowest BCUT2D eigenvalue weighted by Gasteiger charge is -2.28. The molecule has 1 aromatic rings. The highest BCUT2D eigenvalue weighted by Crippen LogP contribution is 2.48. The van der Waals surface area contributed by atoms with Gasteiger partial charge in [0.15, 0.2) is 0 Å². The first-order valence-corrected chi connectivity index (χ1v) is 10.5. The van der Waals surface area contributed by atoms with Crippen molar-refractivity contribution in [2.45, 2.75) is 77.6 Å². The summed E-state index contributed by atoms with van der Waals surface area (Å²) in [6, 6.07) is 1.22. The number of hydrogen-bond donors (Lipinski definition) is 2. The summed E-state index contributed by atoms with van der Waals surface area (Å²) in [5.41, 5.74) is -2.50. The van der Waals surface area contributed by atoms with Crippen LogP contribution in [0, 0.1) is 0 Å². The molecule has 1 fully saturated rings. The number of rotatable bonds is 6. The maximum absolute atomic E-state index is 12.1. The standard InChI is InChI=1S/C17H29N2O8P/c1-16(2,3)26-11-9-14(19-8-7-13(20)18-15(19)21)25-12(11)10-24-28(22,23)27-17(4,5)6/h7-8,11-12,14H,9-10H2,1-6H3,(H,22,23)(H,18,20,21)/t11?,12?,14-/m1/s1. The van der Waals surface area contributed by atoms with Crippen LogP contribution in [0.2, 0.25) is 0 Å². The van der Waals surface area contributed by atoms with Gasteiger partial charge in [-0.1, -0.05) is 0 Å². The zero-order valence-corrected chi connectivity index (χ0v) is 17.9. The summed E-state index contributed by atoms with van der Waals surface area (Å²) in [6.45, 7) is 10.2. The number of nitrogens with zero attached hydrogens (tertiary/aromatic N) is 1. The average Bonchev–Trinajstić information content (AvgIpc) is 2.83. The number of H-pyrrole nitrogens is 1. The van der Waals surface area contributed by atoms with E-state index in [9.17, 15) is 19.0 Å². The Balaban J connectivity index is 2.16. The third-order valence-electron chi connectivity index (χ3n) is 3.64. The lowest BCUT2D eigenvalue weighted by molar-refractivity contribution is -0.106. The van der Waals surface area contributed by atoms with Crippen LogP contribution in [0.25, 0.3) is 0 Å². The molecular formula is C17H29N2O8P. The third kappa shape index (κ3) is 6.95. The molecule has 0 radical (unpaired) electrons. The Hall–Kier alpha value is -1.29. The summed E-state index contributed by atoms with van der Waals surface area (Å²) in [4.78, 5) is 35.4. The van der Waals surface area contributed by atoms with Crippen LogP contribution in [-0.4, -0.2) is 44.5 Å². The van der Waals surface area contributed by atoms with Crippen LogP contribution in [0.15, 0.2) is 21.9 Å². The lowest BCUT2D eigenvalue weighted by Crippen LogP contribution is -2.35. The Morgan fingerprint density at radius 2 is 1.89 bits per heavy atom. The molecule has 1 saturated heterocycles. The van der Waals surface area contributed by atoms with Gasteiger partial charge in [0.05, 0.1) is 23.9 Å². The molecule has 2 N–H and O–H groups in total. The number of hydrogen-bond acceptors (Lipinski definition) is 7. The van der Waals surface area contributed by atoms with E-state index in [1.807, 2.05) is 20.8 Å². The van der Waals surface area contributed by atoms with Crippen molar-refractivity contribution < 1.29 is 28.0 Å². The summed E-state index contributed by atoms with van der Waals surface area (Å²) < 4.78 is 35.4. The molecule has 11 heteroatoms. The van der Waals surface area contributed by atoms with E-state index in [4.69, 9.17) is 18.5 Å². The molecule has 2 rings (SSSR count). The van der Waals surface area contributed by atoms with Gasteiger partial charge in [-0.05, 0) is 41.5 Å². The predicted molar refractivity (Wildman–Crippen MR) is 101 cm³/mol. The molecule has 10 nitrogen and oxygen atoms in total. The van der Waals surface area contributed by atoms with Gasteiger partial charge in [-0.3, -0.25) is 23.4 Å². The summed E-state index contributed by atoms with van der Waals surface area (Å²) in [5.74, 6) is 0. The molecule has 1 aromatic heterocycles. The summed E-state index contributed by atoms with van der Waals surface area (Å²) >= 11 is 0. The van der Waals surface area contributed by atoms with E-state index in [0.717, 1.165) is 0 Å². The van der Waals surface area contributed by atoms with Crippen molar-refractivity contribution in [3.05, 3.63) is 33.1 Å². The van der Waals surface area contributed by atoms with Gasteiger partial charge in [0.2, 0.25) is 0 Å². The predicted octanol–water partition coefficient (Wildman–Crippen LogP) is 1.94. The average molecular weight is 420 g/mol. The van der Waals surface area contributed by atoms with E-state index in [1.54, 1.807) is 20.8 Å².